The first kappa shape index (κ1) is 22.9. The van der Waals surface area contributed by atoms with Crippen LogP contribution >= 0.6 is 0 Å². The highest BCUT2D eigenvalue weighted by molar-refractivity contribution is 5.97. The van der Waals surface area contributed by atoms with Crippen molar-refractivity contribution in [2.24, 2.45) is 0 Å². The molecule has 8 heteroatoms. The highest BCUT2D eigenvalue weighted by Gasteiger charge is 2.29. The number of methoxy groups -OCH3 is 2. The van der Waals surface area contributed by atoms with Crippen molar-refractivity contribution in [2.75, 3.05) is 33.9 Å². The summed E-state index contributed by atoms with van der Waals surface area (Å²) in [5, 5.41) is 5.41. The van der Waals surface area contributed by atoms with Gasteiger partial charge in [-0.05, 0) is 49.8 Å². The molecule has 0 atom stereocenters. The molecular formula is C24H27N3O5. The van der Waals surface area contributed by atoms with Crippen LogP contribution in [0.2, 0.25) is 0 Å². The molecule has 0 unspecified atom stereocenters. The van der Waals surface area contributed by atoms with E-state index < -0.39 is 0 Å². The predicted molar refractivity (Wildman–Crippen MR) is 120 cm³/mol. The number of hydrogen-bond acceptors (Lipinski definition) is 5. The van der Waals surface area contributed by atoms with Gasteiger partial charge in [0.1, 0.15) is 11.5 Å². The number of amides is 3. The van der Waals surface area contributed by atoms with Gasteiger partial charge in [-0.2, -0.15) is 0 Å². The lowest BCUT2D eigenvalue weighted by atomic mass is 10.1. The average Bonchev–Trinajstić information content (AvgIpc) is 3.30. The lowest BCUT2D eigenvalue weighted by Crippen LogP contribution is -2.48. The van der Waals surface area contributed by atoms with Gasteiger partial charge in [0.25, 0.3) is 17.7 Å². The van der Waals surface area contributed by atoms with Crippen LogP contribution in [-0.2, 0) is 9.59 Å². The van der Waals surface area contributed by atoms with E-state index >= 15 is 0 Å². The van der Waals surface area contributed by atoms with Gasteiger partial charge >= 0.3 is 0 Å². The average molecular weight is 437 g/mol. The van der Waals surface area contributed by atoms with E-state index in [2.05, 4.69) is 5.32 Å². The number of rotatable bonds is 7. The number of nitrogens with one attached hydrogen (secondary N) is 1. The van der Waals surface area contributed by atoms with Crippen LogP contribution in [0.25, 0.3) is 6.08 Å². The zero-order valence-corrected chi connectivity index (χ0v) is 18.5. The second-order valence-electron chi connectivity index (χ2n) is 7.33. The molecule has 0 spiro atoms. The number of hydrazine groups is 1. The van der Waals surface area contributed by atoms with E-state index in [0.29, 0.717) is 42.1 Å². The monoisotopic (exact) mass is 437 g/mol. The van der Waals surface area contributed by atoms with Gasteiger partial charge in [0.05, 0.1) is 20.8 Å². The molecule has 0 saturated carbocycles. The van der Waals surface area contributed by atoms with E-state index in [1.165, 1.54) is 16.1 Å². The summed E-state index contributed by atoms with van der Waals surface area (Å²) in [5.41, 5.74) is 2.13. The normalized spacial score (nSPS) is 13.3. The van der Waals surface area contributed by atoms with Gasteiger partial charge in [-0.15, -0.1) is 0 Å². The summed E-state index contributed by atoms with van der Waals surface area (Å²) in [5.74, 6) is 0.238. The molecule has 2 aromatic rings. The molecule has 2 aromatic carbocycles. The van der Waals surface area contributed by atoms with Gasteiger partial charge in [-0.3, -0.25) is 14.4 Å². The number of benzene rings is 2. The minimum atomic E-state index is -0.343. The molecule has 8 nitrogen and oxygen atoms in total. The van der Waals surface area contributed by atoms with Gasteiger partial charge < -0.3 is 14.8 Å². The predicted octanol–water partition coefficient (Wildman–Crippen LogP) is 2.43. The molecule has 1 heterocycles. The number of aryl methyl sites for hydroxylation is 1. The molecule has 32 heavy (non-hydrogen) atoms. The third-order valence-electron chi connectivity index (χ3n) is 5.10. The van der Waals surface area contributed by atoms with E-state index in [1.807, 2.05) is 13.0 Å². The highest BCUT2D eigenvalue weighted by Crippen LogP contribution is 2.25. The Morgan fingerprint density at radius 1 is 1.03 bits per heavy atom. The summed E-state index contributed by atoms with van der Waals surface area (Å²) < 4.78 is 10.5. The molecule has 3 rings (SSSR count). The van der Waals surface area contributed by atoms with Crippen molar-refractivity contribution in [1.82, 2.24) is 15.3 Å². The second-order valence-corrected chi connectivity index (χ2v) is 7.33. The van der Waals surface area contributed by atoms with Crippen molar-refractivity contribution >= 4 is 23.8 Å². The smallest absolute Gasteiger partial charge is 0.265 e. The quantitative estimate of drug-likeness (QED) is 0.673. The van der Waals surface area contributed by atoms with Gasteiger partial charge in [-0.25, -0.2) is 10.0 Å². The minimum absolute atomic E-state index is 0.190. The Morgan fingerprint density at radius 3 is 2.53 bits per heavy atom. The summed E-state index contributed by atoms with van der Waals surface area (Å²) in [7, 11) is 3.11. The largest absolute Gasteiger partial charge is 0.497 e. The van der Waals surface area contributed by atoms with Crippen molar-refractivity contribution in [3.63, 3.8) is 0 Å². The summed E-state index contributed by atoms with van der Waals surface area (Å²) in [6.45, 7) is 2.55. The van der Waals surface area contributed by atoms with Crippen LogP contribution in [0.4, 0.5) is 0 Å². The van der Waals surface area contributed by atoms with Gasteiger partial charge in [0.15, 0.2) is 0 Å². The Balaban J connectivity index is 1.63. The topological polar surface area (TPSA) is 88.2 Å². The fourth-order valence-electron chi connectivity index (χ4n) is 3.45. The Bertz CT molecular complexity index is 1030. The first-order valence-corrected chi connectivity index (χ1v) is 10.3. The molecule has 0 aliphatic carbocycles. The molecule has 1 aliphatic heterocycles. The highest BCUT2D eigenvalue weighted by atomic mass is 16.5. The maximum Gasteiger partial charge on any atom is 0.265 e. The molecule has 1 fully saturated rings. The number of carbonyl (C=O) groups excluding carboxylic acids is 3. The third kappa shape index (κ3) is 5.46. The molecule has 1 aliphatic rings. The van der Waals surface area contributed by atoms with E-state index in [-0.39, 0.29) is 24.3 Å². The summed E-state index contributed by atoms with van der Waals surface area (Å²) >= 11 is 0. The van der Waals surface area contributed by atoms with E-state index in [9.17, 15) is 14.4 Å². The molecule has 1 N–H and O–H groups in total. The summed E-state index contributed by atoms with van der Waals surface area (Å²) in [4.78, 5) is 37.8. The molecule has 168 valence electrons. The van der Waals surface area contributed by atoms with E-state index in [4.69, 9.17) is 9.47 Å². The molecular weight excluding hydrogens is 410 g/mol. The Hall–Kier alpha value is -3.81. The Labute approximate surface area is 187 Å². The minimum Gasteiger partial charge on any atom is -0.497 e. The Kier molecular flexibility index (Phi) is 7.49. The van der Waals surface area contributed by atoms with Crippen LogP contribution in [0.3, 0.4) is 0 Å². The van der Waals surface area contributed by atoms with Crippen LogP contribution in [-0.4, -0.2) is 61.6 Å². The Morgan fingerprint density at radius 2 is 1.81 bits per heavy atom. The van der Waals surface area contributed by atoms with Gasteiger partial charge in [0.2, 0.25) is 0 Å². The van der Waals surface area contributed by atoms with Crippen molar-refractivity contribution in [1.29, 1.82) is 0 Å². The van der Waals surface area contributed by atoms with Crippen LogP contribution in [0.5, 0.6) is 11.5 Å². The van der Waals surface area contributed by atoms with Crippen LogP contribution < -0.4 is 14.8 Å². The lowest BCUT2D eigenvalue weighted by Gasteiger charge is -2.27. The number of carbonyl (C=O) groups is 3. The summed E-state index contributed by atoms with van der Waals surface area (Å²) in [6, 6.07) is 12.4. The van der Waals surface area contributed by atoms with Crippen LogP contribution in [0, 0.1) is 6.92 Å². The third-order valence-corrected chi connectivity index (χ3v) is 5.10. The van der Waals surface area contributed by atoms with Gasteiger partial charge in [0, 0.05) is 30.3 Å². The SMILES string of the molecule is COc1ccc(OC)c(/C=C/C(=O)N2CCCN2C(=O)CNC(=O)c2cccc(C)c2)c1. The van der Waals surface area contributed by atoms with Crippen molar-refractivity contribution < 1.29 is 23.9 Å². The molecule has 0 radical (unpaired) electrons. The standard InChI is InChI=1S/C24H27N3O5/c1-17-6-4-7-19(14-17)24(30)25-16-23(29)27-13-5-12-26(27)22(28)11-8-18-15-20(31-2)9-10-21(18)32-3/h4,6-11,14-15H,5,12-13,16H2,1-3H3,(H,25,30)/b11-8+. The number of nitrogens with zero attached hydrogens (tertiary/aromatic N) is 2. The molecule has 3 amide bonds. The van der Waals surface area contributed by atoms with E-state index in [1.54, 1.807) is 56.7 Å². The maximum atomic E-state index is 12.8. The first-order valence-electron chi connectivity index (χ1n) is 10.3. The van der Waals surface area contributed by atoms with Gasteiger partial charge in [-0.1, -0.05) is 17.7 Å². The lowest BCUT2D eigenvalue weighted by molar-refractivity contribution is -0.153. The zero-order chi connectivity index (χ0) is 23.1. The molecule has 1 saturated heterocycles. The van der Waals surface area contributed by atoms with E-state index in [0.717, 1.165) is 5.56 Å². The maximum absolute atomic E-state index is 12.8. The fourth-order valence-corrected chi connectivity index (χ4v) is 3.45. The summed E-state index contributed by atoms with van der Waals surface area (Å²) in [6.07, 6.45) is 3.69. The zero-order valence-electron chi connectivity index (χ0n) is 18.5. The van der Waals surface area contributed by atoms with Crippen LogP contribution in [0.15, 0.2) is 48.5 Å². The van der Waals surface area contributed by atoms with Crippen molar-refractivity contribution in [3.05, 3.63) is 65.2 Å². The molecule has 0 aromatic heterocycles. The first-order chi connectivity index (χ1) is 15.4. The van der Waals surface area contributed by atoms with Crippen molar-refractivity contribution in [3.8, 4) is 11.5 Å². The van der Waals surface area contributed by atoms with Crippen LogP contribution in [0.1, 0.15) is 27.9 Å². The molecule has 0 bridgehead atoms. The fraction of sp³-hybridized carbons (Fsp3) is 0.292. The number of ether oxygens (including phenoxy) is 2. The second kappa shape index (κ2) is 10.5. The number of hydrogen-bond donors (Lipinski definition) is 1. The van der Waals surface area contributed by atoms with Crippen molar-refractivity contribution in [2.45, 2.75) is 13.3 Å².